The Labute approximate surface area is 184 Å². The van der Waals surface area contributed by atoms with Gasteiger partial charge in [-0.15, -0.1) is 11.3 Å². The highest BCUT2D eigenvalue weighted by Crippen LogP contribution is 2.37. The summed E-state index contributed by atoms with van der Waals surface area (Å²) in [5.74, 6) is -0.510. The maximum absolute atomic E-state index is 13.0. The predicted molar refractivity (Wildman–Crippen MR) is 124 cm³/mol. The Kier molecular flexibility index (Phi) is 8.50. The number of hydrogen-bond acceptors (Lipinski definition) is 4. The number of carbonyl (C=O) groups is 2. The SMILES string of the molecule is CC(C)OC(=O)c1c(NC(=O)c2ccccc2)sc2c1CCCCCCCCCC2. The zero-order chi connectivity index (χ0) is 21.3. The van der Waals surface area contributed by atoms with Crippen LogP contribution in [0, 0.1) is 0 Å². The first-order valence-electron chi connectivity index (χ1n) is 11.3. The molecule has 1 aromatic heterocycles. The average Bonchev–Trinajstić information content (AvgIpc) is 3.05. The normalized spacial score (nSPS) is 15.6. The van der Waals surface area contributed by atoms with E-state index in [0.717, 1.165) is 31.2 Å². The van der Waals surface area contributed by atoms with Crippen LogP contribution in [0.5, 0.6) is 0 Å². The molecule has 1 heterocycles. The quantitative estimate of drug-likeness (QED) is 0.547. The van der Waals surface area contributed by atoms with E-state index >= 15 is 0 Å². The van der Waals surface area contributed by atoms with Crippen molar-refractivity contribution in [2.45, 2.75) is 84.2 Å². The zero-order valence-electron chi connectivity index (χ0n) is 18.2. The summed E-state index contributed by atoms with van der Waals surface area (Å²) in [6.07, 6.45) is 11.4. The monoisotopic (exact) mass is 427 g/mol. The highest BCUT2D eigenvalue weighted by molar-refractivity contribution is 7.17. The van der Waals surface area contributed by atoms with E-state index in [4.69, 9.17) is 4.74 Å². The number of ether oxygens (including phenoxy) is 1. The van der Waals surface area contributed by atoms with E-state index in [0.29, 0.717) is 16.1 Å². The molecule has 1 aliphatic rings. The number of hydrogen-bond donors (Lipinski definition) is 1. The van der Waals surface area contributed by atoms with E-state index in [-0.39, 0.29) is 18.0 Å². The molecule has 0 saturated heterocycles. The standard InChI is InChI=1S/C25H33NO3S/c1-18(2)29-25(28)22-20-16-12-7-5-3-4-6-8-13-17-21(20)30-24(22)26-23(27)19-14-10-9-11-15-19/h9-11,14-15,18H,3-8,12-13,16-17H2,1-2H3,(H,26,27). The van der Waals surface area contributed by atoms with Crippen LogP contribution in [0.2, 0.25) is 0 Å². The summed E-state index contributed by atoms with van der Waals surface area (Å²) in [6.45, 7) is 3.72. The number of benzene rings is 1. The Morgan fingerprint density at radius 1 is 0.900 bits per heavy atom. The molecule has 0 fully saturated rings. The lowest BCUT2D eigenvalue weighted by molar-refractivity contribution is 0.0378. The van der Waals surface area contributed by atoms with Crippen molar-refractivity contribution in [1.29, 1.82) is 0 Å². The molecule has 1 N–H and O–H groups in total. The molecule has 162 valence electrons. The van der Waals surface area contributed by atoms with Crippen LogP contribution in [0.4, 0.5) is 5.00 Å². The second-order valence-electron chi connectivity index (χ2n) is 8.31. The van der Waals surface area contributed by atoms with Crippen molar-refractivity contribution < 1.29 is 14.3 Å². The van der Waals surface area contributed by atoms with Gasteiger partial charge >= 0.3 is 5.97 Å². The Morgan fingerprint density at radius 3 is 2.13 bits per heavy atom. The van der Waals surface area contributed by atoms with Gasteiger partial charge in [-0.3, -0.25) is 4.79 Å². The summed E-state index contributed by atoms with van der Waals surface area (Å²) < 4.78 is 5.58. The fourth-order valence-corrected chi connectivity index (χ4v) is 5.24. The van der Waals surface area contributed by atoms with Crippen LogP contribution in [0.15, 0.2) is 30.3 Å². The average molecular weight is 428 g/mol. The lowest BCUT2D eigenvalue weighted by Gasteiger charge is -2.13. The minimum Gasteiger partial charge on any atom is -0.459 e. The maximum atomic E-state index is 13.0. The molecular weight excluding hydrogens is 394 g/mol. The molecule has 0 spiro atoms. The number of thiophene rings is 1. The first kappa shape index (κ1) is 22.5. The molecule has 1 aromatic carbocycles. The van der Waals surface area contributed by atoms with Gasteiger partial charge in [-0.05, 0) is 57.2 Å². The van der Waals surface area contributed by atoms with Crippen LogP contribution >= 0.6 is 11.3 Å². The summed E-state index contributed by atoms with van der Waals surface area (Å²) in [6, 6.07) is 9.14. The summed E-state index contributed by atoms with van der Waals surface area (Å²) in [5.41, 5.74) is 2.25. The van der Waals surface area contributed by atoms with Gasteiger partial charge in [-0.2, -0.15) is 0 Å². The van der Waals surface area contributed by atoms with Crippen molar-refractivity contribution in [3.8, 4) is 0 Å². The molecule has 0 atom stereocenters. The Morgan fingerprint density at radius 2 is 1.50 bits per heavy atom. The van der Waals surface area contributed by atoms with Gasteiger partial charge < -0.3 is 10.1 Å². The number of nitrogens with one attached hydrogen (secondary N) is 1. The molecule has 30 heavy (non-hydrogen) atoms. The van der Waals surface area contributed by atoms with Crippen LogP contribution < -0.4 is 5.32 Å². The summed E-state index contributed by atoms with van der Waals surface area (Å²) >= 11 is 1.56. The molecule has 0 saturated carbocycles. The third kappa shape index (κ3) is 6.18. The van der Waals surface area contributed by atoms with Gasteiger partial charge in [-0.1, -0.05) is 56.7 Å². The van der Waals surface area contributed by atoms with E-state index in [9.17, 15) is 9.59 Å². The van der Waals surface area contributed by atoms with Crippen LogP contribution in [0.1, 0.15) is 96.4 Å². The van der Waals surface area contributed by atoms with E-state index in [1.165, 1.54) is 43.4 Å². The fourth-order valence-electron chi connectivity index (χ4n) is 3.97. The molecular formula is C25H33NO3S. The van der Waals surface area contributed by atoms with Crippen molar-refractivity contribution in [2.24, 2.45) is 0 Å². The van der Waals surface area contributed by atoms with Crippen molar-refractivity contribution >= 4 is 28.2 Å². The van der Waals surface area contributed by atoms with Crippen LogP contribution in [-0.2, 0) is 17.6 Å². The number of esters is 1. The van der Waals surface area contributed by atoms with E-state index in [2.05, 4.69) is 5.32 Å². The Hall–Kier alpha value is -2.14. The van der Waals surface area contributed by atoms with Crippen molar-refractivity contribution in [1.82, 2.24) is 0 Å². The molecule has 0 unspecified atom stereocenters. The smallest absolute Gasteiger partial charge is 0.341 e. The molecule has 3 rings (SSSR count). The highest BCUT2D eigenvalue weighted by atomic mass is 32.1. The topological polar surface area (TPSA) is 55.4 Å². The fraction of sp³-hybridized carbons (Fsp3) is 0.520. The molecule has 1 aliphatic carbocycles. The van der Waals surface area contributed by atoms with Crippen LogP contribution in [-0.4, -0.2) is 18.0 Å². The molecule has 5 heteroatoms. The molecule has 0 bridgehead atoms. The molecule has 1 amide bonds. The first-order valence-corrected chi connectivity index (χ1v) is 12.1. The van der Waals surface area contributed by atoms with E-state index in [1.807, 2.05) is 32.0 Å². The number of amides is 1. The second kappa shape index (κ2) is 11.3. The van der Waals surface area contributed by atoms with Crippen molar-refractivity contribution in [3.63, 3.8) is 0 Å². The van der Waals surface area contributed by atoms with Gasteiger partial charge in [0.25, 0.3) is 5.91 Å². The lowest BCUT2D eigenvalue weighted by atomic mass is 9.97. The number of aryl methyl sites for hydroxylation is 1. The maximum Gasteiger partial charge on any atom is 0.341 e. The number of carbonyl (C=O) groups excluding carboxylic acids is 2. The second-order valence-corrected chi connectivity index (χ2v) is 9.42. The lowest BCUT2D eigenvalue weighted by Crippen LogP contribution is -2.17. The molecule has 4 nitrogen and oxygen atoms in total. The van der Waals surface area contributed by atoms with Crippen molar-refractivity contribution in [3.05, 3.63) is 51.9 Å². The number of fused-ring (bicyclic) bond motifs is 1. The number of rotatable bonds is 4. The zero-order valence-corrected chi connectivity index (χ0v) is 19.0. The van der Waals surface area contributed by atoms with Gasteiger partial charge in [0.1, 0.15) is 5.00 Å². The number of anilines is 1. The van der Waals surface area contributed by atoms with E-state index < -0.39 is 0 Å². The minimum absolute atomic E-state index is 0.188. The molecule has 0 radical (unpaired) electrons. The summed E-state index contributed by atoms with van der Waals surface area (Å²) in [5, 5.41) is 3.65. The summed E-state index contributed by atoms with van der Waals surface area (Å²) in [7, 11) is 0. The molecule has 2 aromatic rings. The Bertz CT molecular complexity index is 842. The Balaban J connectivity index is 1.93. The van der Waals surface area contributed by atoms with Gasteiger partial charge in [0.15, 0.2) is 0 Å². The van der Waals surface area contributed by atoms with Gasteiger partial charge in [0.2, 0.25) is 0 Å². The summed E-state index contributed by atoms with van der Waals surface area (Å²) in [4.78, 5) is 27.1. The van der Waals surface area contributed by atoms with E-state index in [1.54, 1.807) is 23.5 Å². The minimum atomic E-state index is -0.321. The van der Waals surface area contributed by atoms with Gasteiger partial charge in [0.05, 0.1) is 11.7 Å². The van der Waals surface area contributed by atoms with Crippen molar-refractivity contribution in [2.75, 3.05) is 5.32 Å². The third-order valence-corrected chi connectivity index (χ3v) is 6.69. The van der Waals surface area contributed by atoms with Crippen LogP contribution in [0.25, 0.3) is 0 Å². The highest BCUT2D eigenvalue weighted by Gasteiger charge is 2.26. The first-order chi connectivity index (χ1) is 14.6. The molecule has 0 aliphatic heterocycles. The van der Waals surface area contributed by atoms with Gasteiger partial charge in [0, 0.05) is 10.4 Å². The largest absolute Gasteiger partial charge is 0.459 e. The predicted octanol–water partition coefficient (Wildman–Crippen LogP) is 6.79. The van der Waals surface area contributed by atoms with Crippen LogP contribution in [0.3, 0.4) is 0 Å². The third-order valence-electron chi connectivity index (χ3n) is 5.48. The van der Waals surface area contributed by atoms with Gasteiger partial charge in [-0.25, -0.2) is 4.79 Å².